The Bertz CT molecular complexity index is 423. The summed E-state index contributed by atoms with van der Waals surface area (Å²) in [6, 6.07) is 6.65. The summed E-state index contributed by atoms with van der Waals surface area (Å²) < 4.78 is 1.18. The minimum Gasteiger partial charge on any atom is -0.373 e. The normalized spacial score (nSPS) is 13.3. The molecule has 114 valence electrons. The minimum atomic E-state index is 0.151. The summed E-state index contributed by atoms with van der Waals surface area (Å²) in [5.41, 5.74) is 2.73. The molecule has 20 heavy (non-hydrogen) atoms. The van der Waals surface area contributed by atoms with Gasteiger partial charge in [-0.05, 0) is 60.3 Å². The van der Waals surface area contributed by atoms with Gasteiger partial charge in [-0.15, -0.1) is 0 Å². The number of benzene rings is 1. The Morgan fingerprint density at radius 3 is 2.45 bits per heavy atom. The Morgan fingerprint density at radius 1 is 1.30 bits per heavy atom. The van der Waals surface area contributed by atoms with Gasteiger partial charge in [0.25, 0.3) is 0 Å². The van der Waals surface area contributed by atoms with Crippen molar-refractivity contribution in [1.29, 1.82) is 0 Å². The first-order valence-electron chi connectivity index (χ1n) is 7.47. The molecular weight excluding hydrogens is 312 g/mol. The molecule has 0 aromatic heterocycles. The van der Waals surface area contributed by atoms with Gasteiger partial charge in [-0.1, -0.05) is 26.3 Å². The number of hydrogen-bond donors (Lipinski definition) is 1. The van der Waals surface area contributed by atoms with Crippen molar-refractivity contribution >= 4 is 21.6 Å². The maximum Gasteiger partial charge on any atom is 0.0508 e. The summed E-state index contributed by atoms with van der Waals surface area (Å²) in [4.78, 5) is 2.33. The lowest BCUT2D eigenvalue weighted by Gasteiger charge is -2.25. The second-order valence-electron chi connectivity index (χ2n) is 6.78. The summed E-state index contributed by atoms with van der Waals surface area (Å²) in [5, 5.41) is 3.52. The second kappa shape index (κ2) is 7.46. The van der Waals surface area contributed by atoms with Gasteiger partial charge >= 0.3 is 0 Å². The summed E-state index contributed by atoms with van der Waals surface area (Å²) in [6.07, 6.45) is 1.22. The molecule has 1 atom stereocenters. The number of anilines is 1. The van der Waals surface area contributed by atoms with Crippen molar-refractivity contribution in [3.05, 3.63) is 28.2 Å². The fraction of sp³-hybridized carbons (Fsp3) is 0.647. The van der Waals surface area contributed by atoms with Crippen LogP contribution in [0.3, 0.4) is 0 Å². The second-order valence-corrected chi connectivity index (χ2v) is 7.64. The first-order chi connectivity index (χ1) is 9.23. The van der Waals surface area contributed by atoms with E-state index in [1.165, 1.54) is 22.1 Å². The van der Waals surface area contributed by atoms with Crippen LogP contribution in [0.1, 0.15) is 46.6 Å². The van der Waals surface area contributed by atoms with Crippen molar-refractivity contribution in [2.75, 3.05) is 18.5 Å². The van der Waals surface area contributed by atoms with Crippen LogP contribution >= 0.6 is 15.9 Å². The molecule has 0 aliphatic carbocycles. The van der Waals surface area contributed by atoms with Gasteiger partial charge in [0.15, 0.2) is 0 Å². The Morgan fingerprint density at radius 2 is 1.95 bits per heavy atom. The van der Waals surface area contributed by atoms with Crippen LogP contribution in [0, 0.1) is 5.92 Å². The van der Waals surface area contributed by atoms with Gasteiger partial charge in [-0.25, -0.2) is 0 Å². The Kier molecular flexibility index (Phi) is 6.53. The third-order valence-electron chi connectivity index (χ3n) is 3.53. The summed E-state index contributed by atoms with van der Waals surface area (Å²) in [7, 11) is 2.17. The molecule has 1 unspecified atom stereocenters. The van der Waals surface area contributed by atoms with E-state index in [1.807, 2.05) is 0 Å². The summed E-state index contributed by atoms with van der Waals surface area (Å²) in [6.45, 7) is 13.1. The van der Waals surface area contributed by atoms with Crippen LogP contribution in [0.2, 0.25) is 0 Å². The van der Waals surface area contributed by atoms with Crippen LogP contribution in [0.5, 0.6) is 0 Å². The lowest BCUT2D eigenvalue weighted by Crippen LogP contribution is -2.35. The van der Waals surface area contributed by atoms with Crippen LogP contribution in [0.15, 0.2) is 22.7 Å². The molecule has 0 aliphatic rings. The van der Waals surface area contributed by atoms with E-state index < -0.39 is 0 Å². The standard InChI is InChI=1S/C17H29BrN2/c1-7-13(2)12-20(6)16-9-8-14(10-15(16)18)11-19-17(3,4)5/h8-10,13,19H,7,11-12H2,1-6H3. The van der Waals surface area contributed by atoms with Crippen molar-refractivity contribution in [3.63, 3.8) is 0 Å². The predicted molar refractivity (Wildman–Crippen MR) is 93.5 cm³/mol. The molecule has 0 saturated heterocycles. The maximum absolute atomic E-state index is 3.71. The first kappa shape index (κ1) is 17.5. The average molecular weight is 341 g/mol. The average Bonchev–Trinajstić information content (AvgIpc) is 2.35. The molecule has 3 heteroatoms. The molecule has 0 spiro atoms. The van der Waals surface area contributed by atoms with Crippen LogP contribution in [0.4, 0.5) is 5.69 Å². The van der Waals surface area contributed by atoms with Crippen molar-refractivity contribution in [2.45, 2.75) is 53.1 Å². The van der Waals surface area contributed by atoms with E-state index in [0.717, 1.165) is 13.1 Å². The minimum absolute atomic E-state index is 0.151. The number of halogens is 1. The highest BCUT2D eigenvalue weighted by Gasteiger charge is 2.11. The zero-order valence-electron chi connectivity index (χ0n) is 13.8. The zero-order chi connectivity index (χ0) is 15.3. The number of nitrogens with zero attached hydrogens (tertiary/aromatic N) is 1. The van der Waals surface area contributed by atoms with E-state index in [1.54, 1.807) is 0 Å². The van der Waals surface area contributed by atoms with Crippen molar-refractivity contribution < 1.29 is 0 Å². The van der Waals surface area contributed by atoms with Crippen molar-refractivity contribution in [1.82, 2.24) is 5.32 Å². The fourth-order valence-corrected chi connectivity index (χ4v) is 2.76. The zero-order valence-corrected chi connectivity index (χ0v) is 15.3. The van der Waals surface area contributed by atoms with Crippen molar-refractivity contribution in [3.8, 4) is 0 Å². The number of hydrogen-bond acceptors (Lipinski definition) is 2. The molecule has 0 fully saturated rings. The molecule has 0 amide bonds. The third-order valence-corrected chi connectivity index (χ3v) is 4.16. The summed E-state index contributed by atoms with van der Waals surface area (Å²) in [5.74, 6) is 0.717. The highest BCUT2D eigenvalue weighted by atomic mass is 79.9. The fourth-order valence-electron chi connectivity index (χ4n) is 2.03. The van der Waals surface area contributed by atoms with E-state index in [2.05, 4.69) is 86.0 Å². The van der Waals surface area contributed by atoms with Gasteiger partial charge < -0.3 is 10.2 Å². The SMILES string of the molecule is CCC(C)CN(C)c1ccc(CNC(C)(C)C)cc1Br. The Balaban J connectivity index is 2.72. The molecule has 1 aromatic rings. The number of nitrogens with one attached hydrogen (secondary N) is 1. The monoisotopic (exact) mass is 340 g/mol. The van der Waals surface area contributed by atoms with Gasteiger partial charge in [0.05, 0.1) is 5.69 Å². The molecule has 0 aliphatic heterocycles. The molecule has 1 rings (SSSR count). The van der Waals surface area contributed by atoms with Crippen LogP contribution < -0.4 is 10.2 Å². The molecule has 2 nitrogen and oxygen atoms in total. The first-order valence-corrected chi connectivity index (χ1v) is 8.27. The van der Waals surface area contributed by atoms with Gasteiger partial charge in [0, 0.05) is 30.1 Å². The maximum atomic E-state index is 3.71. The highest BCUT2D eigenvalue weighted by molar-refractivity contribution is 9.10. The van der Waals surface area contributed by atoms with E-state index in [-0.39, 0.29) is 5.54 Å². The molecule has 0 saturated carbocycles. The smallest absolute Gasteiger partial charge is 0.0508 e. The van der Waals surface area contributed by atoms with E-state index in [0.29, 0.717) is 5.92 Å². The van der Waals surface area contributed by atoms with Gasteiger partial charge in [-0.3, -0.25) is 0 Å². The topological polar surface area (TPSA) is 15.3 Å². The van der Waals surface area contributed by atoms with E-state index >= 15 is 0 Å². The molecule has 1 N–H and O–H groups in total. The van der Waals surface area contributed by atoms with Gasteiger partial charge in [0.1, 0.15) is 0 Å². The molecule has 0 heterocycles. The molecule has 1 aromatic carbocycles. The van der Waals surface area contributed by atoms with E-state index in [4.69, 9.17) is 0 Å². The van der Waals surface area contributed by atoms with E-state index in [9.17, 15) is 0 Å². The quantitative estimate of drug-likeness (QED) is 0.798. The largest absolute Gasteiger partial charge is 0.373 e. The number of rotatable bonds is 6. The van der Waals surface area contributed by atoms with Gasteiger partial charge in [0.2, 0.25) is 0 Å². The molecule has 0 bridgehead atoms. The predicted octanol–water partition coefficient (Wildman–Crippen LogP) is 4.82. The lowest BCUT2D eigenvalue weighted by molar-refractivity contribution is 0.424. The highest BCUT2D eigenvalue weighted by Crippen LogP contribution is 2.27. The van der Waals surface area contributed by atoms with Crippen LogP contribution in [0.25, 0.3) is 0 Å². The van der Waals surface area contributed by atoms with Gasteiger partial charge in [-0.2, -0.15) is 0 Å². The Hall–Kier alpha value is -0.540. The molecule has 0 radical (unpaired) electrons. The third kappa shape index (κ3) is 5.84. The molecular formula is C17H29BrN2. The Labute approximate surface area is 133 Å². The summed E-state index contributed by atoms with van der Waals surface area (Å²) >= 11 is 3.71. The van der Waals surface area contributed by atoms with Crippen molar-refractivity contribution in [2.24, 2.45) is 5.92 Å². The lowest BCUT2D eigenvalue weighted by atomic mass is 10.1. The van der Waals surface area contributed by atoms with Crippen LogP contribution in [-0.4, -0.2) is 19.1 Å². The van der Waals surface area contributed by atoms with Crippen LogP contribution in [-0.2, 0) is 6.54 Å².